The molecule has 0 unspecified atom stereocenters. The van der Waals surface area contributed by atoms with Crippen molar-refractivity contribution in [3.63, 3.8) is 0 Å². The highest BCUT2D eigenvalue weighted by atomic mass is 19.4. The Balaban J connectivity index is 1.31. The number of methoxy groups -OCH3 is 3. The van der Waals surface area contributed by atoms with Crippen LogP contribution >= 0.6 is 0 Å². The van der Waals surface area contributed by atoms with Crippen LogP contribution in [0.5, 0.6) is 0 Å². The van der Waals surface area contributed by atoms with E-state index in [-0.39, 0.29) is 36.5 Å². The van der Waals surface area contributed by atoms with Gasteiger partial charge in [0.05, 0.1) is 43.1 Å². The van der Waals surface area contributed by atoms with Crippen molar-refractivity contribution in [3.8, 4) is 0 Å². The molecule has 4 atom stereocenters. The first-order valence-corrected chi connectivity index (χ1v) is 19.3. The molecule has 1 N–H and O–H groups in total. The third-order valence-corrected chi connectivity index (χ3v) is 12.6. The van der Waals surface area contributed by atoms with E-state index in [1.54, 1.807) is 27.4 Å². The van der Waals surface area contributed by atoms with Gasteiger partial charge in [-0.2, -0.15) is 13.2 Å². The predicted molar refractivity (Wildman–Crippen MR) is 194 cm³/mol. The van der Waals surface area contributed by atoms with E-state index >= 15 is 4.79 Å². The molecule has 1 saturated carbocycles. The van der Waals surface area contributed by atoms with Gasteiger partial charge in [-0.3, -0.25) is 14.5 Å². The number of nitrogens with zero attached hydrogens (tertiary/aromatic N) is 3. The summed E-state index contributed by atoms with van der Waals surface area (Å²) in [5.41, 5.74) is 0.438. The number of likely N-dealkylation sites (tertiary alicyclic amines) is 2. The van der Waals surface area contributed by atoms with Crippen LogP contribution in [0.1, 0.15) is 81.8 Å². The van der Waals surface area contributed by atoms with Gasteiger partial charge in [-0.1, -0.05) is 17.7 Å². The Kier molecular flexibility index (Phi) is 12.5. The Labute approximate surface area is 311 Å². The van der Waals surface area contributed by atoms with Crippen molar-refractivity contribution in [2.75, 3.05) is 72.2 Å². The van der Waals surface area contributed by atoms with E-state index < -0.39 is 29.2 Å². The summed E-state index contributed by atoms with van der Waals surface area (Å²) in [5.74, 6) is -1.07. The maximum absolute atomic E-state index is 15.3. The van der Waals surface area contributed by atoms with E-state index in [9.17, 15) is 23.1 Å². The quantitative estimate of drug-likeness (QED) is 0.266. The van der Waals surface area contributed by atoms with E-state index in [1.165, 1.54) is 6.07 Å². The van der Waals surface area contributed by atoms with Crippen molar-refractivity contribution in [2.24, 2.45) is 11.8 Å². The summed E-state index contributed by atoms with van der Waals surface area (Å²) in [6, 6.07) is 3.87. The van der Waals surface area contributed by atoms with E-state index in [2.05, 4.69) is 11.0 Å². The number of aliphatic carboxylic acids is 1. The maximum atomic E-state index is 15.3. The molecule has 1 aromatic rings. The Morgan fingerprint density at radius 1 is 0.981 bits per heavy atom. The Morgan fingerprint density at radius 2 is 1.72 bits per heavy atom. The SMILES string of the molecule is CCO[C@H]1CC[C@H](N2C[C@H](C3=CC=C(OC)CC3)[C@@](OC)(C(=O)N3C[C@@H](c4ccc(C(F)(F)F)cc4N4CCC(C(=O)O)CC4)C[C@@H]3COC)C2)CC1. The molecular weight excluding hydrogens is 691 g/mol. The summed E-state index contributed by atoms with van der Waals surface area (Å²) >= 11 is 0. The highest BCUT2D eigenvalue weighted by Crippen LogP contribution is 2.47. The van der Waals surface area contributed by atoms with Crippen LogP contribution in [0.25, 0.3) is 0 Å². The second-order valence-electron chi connectivity index (χ2n) is 15.4. The van der Waals surface area contributed by atoms with Gasteiger partial charge < -0.3 is 33.9 Å². The van der Waals surface area contributed by atoms with Crippen molar-refractivity contribution < 1.29 is 46.8 Å². The van der Waals surface area contributed by atoms with Crippen molar-refractivity contribution in [1.29, 1.82) is 0 Å². The topological polar surface area (TPSA) is 101 Å². The molecule has 13 heteroatoms. The first kappa shape index (κ1) is 39.6. The van der Waals surface area contributed by atoms with Gasteiger partial charge in [0.25, 0.3) is 5.91 Å². The summed E-state index contributed by atoms with van der Waals surface area (Å²) < 4.78 is 65.7. The Bertz CT molecular complexity index is 1520. The Morgan fingerprint density at radius 3 is 2.30 bits per heavy atom. The third-order valence-electron chi connectivity index (χ3n) is 12.6. The lowest BCUT2D eigenvalue weighted by molar-refractivity contribution is -0.159. The minimum Gasteiger partial charge on any atom is -0.501 e. The smallest absolute Gasteiger partial charge is 0.416 e. The van der Waals surface area contributed by atoms with Crippen molar-refractivity contribution in [3.05, 3.63) is 52.8 Å². The molecule has 53 heavy (non-hydrogen) atoms. The van der Waals surface area contributed by atoms with E-state index in [4.69, 9.17) is 18.9 Å². The number of halogens is 3. The van der Waals surface area contributed by atoms with Crippen LogP contribution in [0.4, 0.5) is 18.9 Å². The monoisotopic (exact) mass is 747 g/mol. The van der Waals surface area contributed by atoms with E-state index in [0.29, 0.717) is 70.3 Å². The normalized spacial score (nSPS) is 30.4. The van der Waals surface area contributed by atoms with Crippen LogP contribution in [-0.4, -0.2) is 118 Å². The number of anilines is 1. The molecule has 3 saturated heterocycles. The lowest BCUT2D eigenvalue weighted by Gasteiger charge is -2.39. The molecule has 294 valence electrons. The number of benzene rings is 1. The minimum atomic E-state index is -4.54. The molecule has 2 aliphatic carbocycles. The van der Waals surface area contributed by atoms with Crippen LogP contribution < -0.4 is 4.90 Å². The number of piperidine rings is 1. The number of hydrogen-bond donors (Lipinski definition) is 1. The minimum absolute atomic E-state index is 0.113. The number of hydrogen-bond acceptors (Lipinski definition) is 8. The zero-order valence-electron chi connectivity index (χ0n) is 31.5. The average molecular weight is 748 g/mol. The van der Waals surface area contributed by atoms with Gasteiger partial charge in [-0.25, -0.2) is 0 Å². The van der Waals surface area contributed by atoms with Crippen LogP contribution in [0.2, 0.25) is 0 Å². The van der Waals surface area contributed by atoms with Gasteiger partial charge in [-0.05, 0) is 82.1 Å². The summed E-state index contributed by atoms with van der Waals surface area (Å²) in [7, 11) is 4.90. The fourth-order valence-electron chi connectivity index (χ4n) is 9.66. The molecule has 0 bridgehead atoms. The summed E-state index contributed by atoms with van der Waals surface area (Å²) in [5, 5.41) is 9.56. The van der Waals surface area contributed by atoms with E-state index in [1.807, 2.05) is 22.8 Å². The van der Waals surface area contributed by atoms with Crippen molar-refractivity contribution >= 4 is 17.6 Å². The molecule has 6 rings (SSSR count). The standard InChI is InChI=1S/C40H56F3N3O7/c1-5-53-33-13-9-30(10-14-33)45-23-35(26-6-11-32(51-3)12-7-26)39(25-45,52-4)38(49)46-22-28(20-31(46)24-50-2)34-15-8-29(40(41,42)43)21-36(34)44-18-16-27(17-19-44)37(47)48/h6,8,11,15,21,27-28,30-31,33,35H,5,7,9-10,12-14,16-20,22-25H2,1-4H3,(H,47,48)/t28-,30-,31+,33-,35+,39+/m0/s1. The molecule has 1 aromatic carbocycles. The largest absolute Gasteiger partial charge is 0.501 e. The lowest BCUT2D eigenvalue weighted by atomic mass is 9.79. The van der Waals surface area contributed by atoms with Gasteiger partial charge in [0.15, 0.2) is 5.60 Å². The van der Waals surface area contributed by atoms with Gasteiger partial charge in [0, 0.05) is 83.5 Å². The highest BCUT2D eigenvalue weighted by Gasteiger charge is 2.58. The number of allylic oxidation sites excluding steroid dienone is 3. The first-order chi connectivity index (χ1) is 25.4. The highest BCUT2D eigenvalue weighted by molar-refractivity contribution is 5.88. The number of carbonyl (C=O) groups excluding carboxylic acids is 1. The van der Waals surface area contributed by atoms with Crippen LogP contribution in [0.15, 0.2) is 41.7 Å². The van der Waals surface area contributed by atoms with Crippen molar-refractivity contribution in [1.82, 2.24) is 9.80 Å². The number of rotatable bonds is 12. The third kappa shape index (κ3) is 8.28. The van der Waals surface area contributed by atoms with Gasteiger partial charge >= 0.3 is 12.1 Å². The molecule has 10 nitrogen and oxygen atoms in total. The average Bonchev–Trinajstić information content (AvgIpc) is 3.77. The summed E-state index contributed by atoms with van der Waals surface area (Å²) in [6.07, 6.45) is 6.44. The number of carboxylic acids is 1. The van der Waals surface area contributed by atoms with Gasteiger partial charge in [0.2, 0.25) is 0 Å². The lowest BCUT2D eigenvalue weighted by Crippen LogP contribution is -2.58. The molecule has 5 aliphatic rings. The number of carbonyl (C=O) groups is 2. The van der Waals surface area contributed by atoms with Crippen LogP contribution in [0, 0.1) is 11.8 Å². The van der Waals surface area contributed by atoms with E-state index in [0.717, 1.165) is 61.5 Å². The molecule has 1 amide bonds. The fraction of sp³-hybridized carbons (Fsp3) is 0.700. The van der Waals surface area contributed by atoms with Crippen LogP contribution in [0.3, 0.4) is 0 Å². The molecule has 3 aliphatic heterocycles. The summed E-state index contributed by atoms with van der Waals surface area (Å²) in [4.78, 5) is 33.2. The number of alkyl halides is 3. The number of ether oxygens (including phenoxy) is 4. The zero-order valence-corrected chi connectivity index (χ0v) is 31.5. The molecule has 4 fully saturated rings. The fourth-order valence-corrected chi connectivity index (χ4v) is 9.66. The summed E-state index contributed by atoms with van der Waals surface area (Å²) in [6.45, 7) is 5.12. The molecule has 0 spiro atoms. The first-order valence-electron chi connectivity index (χ1n) is 19.3. The second-order valence-corrected chi connectivity index (χ2v) is 15.4. The molecule has 3 heterocycles. The van der Waals surface area contributed by atoms with Crippen LogP contribution in [-0.2, 0) is 34.7 Å². The molecule has 0 radical (unpaired) electrons. The van der Waals surface area contributed by atoms with Crippen molar-refractivity contribution in [2.45, 2.75) is 101 Å². The predicted octanol–water partition coefficient (Wildman–Crippen LogP) is 6.25. The van der Waals surface area contributed by atoms with Gasteiger partial charge in [0.1, 0.15) is 0 Å². The Hall–Kier alpha value is -3.13. The maximum Gasteiger partial charge on any atom is 0.416 e. The molecular formula is C40H56F3N3O7. The number of carboxylic acid groups (broad SMARTS) is 1. The molecule has 0 aromatic heterocycles. The second kappa shape index (κ2) is 16.7. The van der Waals surface area contributed by atoms with Gasteiger partial charge in [-0.15, -0.1) is 0 Å². The zero-order chi connectivity index (χ0) is 37.9. The number of amides is 1.